The average molecular weight is 529 g/mol. The Morgan fingerprint density at radius 2 is 1.67 bits per heavy atom. The predicted octanol–water partition coefficient (Wildman–Crippen LogP) is 2.35. The Morgan fingerprint density at radius 3 is 2.33 bits per heavy atom. The van der Waals surface area contributed by atoms with E-state index in [0.717, 1.165) is 57.8 Å². The molecule has 5 unspecified atom stereocenters. The van der Waals surface area contributed by atoms with Gasteiger partial charge in [-0.15, -0.1) is 0 Å². The van der Waals surface area contributed by atoms with E-state index in [2.05, 4.69) is 4.72 Å². The second-order valence-electron chi connectivity index (χ2n) is 11.4. The van der Waals surface area contributed by atoms with Crippen molar-refractivity contribution in [3.05, 3.63) is 0 Å². The van der Waals surface area contributed by atoms with Gasteiger partial charge in [0, 0.05) is 52.5 Å². The molecule has 2 amide bonds. The molecular formula is C25H44N4O6S. The average Bonchev–Trinajstić information content (AvgIpc) is 2.83. The van der Waals surface area contributed by atoms with Crippen LogP contribution in [-0.2, 0) is 24.5 Å². The predicted molar refractivity (Wildman–Crippen MR) is 135 cm³/mol. The number of nitrogens with one attached hydrogen (secondary N) is 1. The van der Waals surface area contributed by atoms with Crippen molar-refractivity contribution in [3.8, 4) is 0 Å². The van der Waals surface area contributed by atoms with E-state index in [0.29, 0.717) is 31.6 Å². The van der Waals surface area contributed by atoms with Crippen molar-refractivity contribution in [2.24, 2.45) is 11.8 Å². The van der Waals surface area contributed by atoms with E-state index in [1.165, 1.54) is 4.31 Å². The number of fused-ring (bicyclic) bond motifs is 1. The lowest BCUT2D eigenvalue weighted by atomic mass is 9.69. The molecular weight excluding hydrogens is 484 g/mol. The minimum absolute atomic E-state index is 0.00336. The van der Waals surface area contributed by atoms with Gasteiger partial charge in [-0.2, -0.15) is 17.4 Å². The fourth-order valence-electron chi connectivity index (χ4n) is 6.92. The first-order valence-corrected chi connectivity index (χ1v) is 15.0. The summed E-state index contributed by atoms with van der Waals surface area (Å²) < 4.78 is 40.2. The number of rotatable bonds is 5. The van der Waals surface area contributed by atoms with Crippen molar-refractivity contribution >= 4 is 22.2 Å². The van der Waals surface area contributed by atoms with Crippen molar-refractivity contribution in [3.63, 3.8) is 0 Å². The molecule has 0 spiro atoms. The second-order valence-corrected chi connectivity index (χ2v) is 13.3. The standard InChI is InChI=1S/C25H44N4O6S/c1-17-16-28(25(31)35-22-10-12-34-13-11-22)24-15-20(8-9-23(24)29(17)18(2)30)19-6-5-7-21(14-19)26-36(32,33)27(3)4/h17,19-24,26H,5-16H2,1-4H3/t17-,19?,20?,21?,23?,24?/m0/s1. The fourth-order valence-corrected chi connectivity index (χ4v) is 7.77. The van der Waals surface area contributed by atoms with E-state index in [9.17, 15) is 18.0 Å². The number of piperazine rings is 1. The van der Waals surface area contributed by atoms with Crippen LogP contribution in [-0.4, -0.2) is 98.6 Å². The van der Waals surface area contributed by atoms with Crippen molar-refractivity contribution in [2.45, 2.75) is 102 Å². The Kier molecular flexibility index (Phi) is 8.84. The van der Waals surface area contributed by atoms with Crippen LogP contribution in [0, 0.1) is 11.8 Å². The summed E-state index contributed by atoms with van der Waals surface area (Å²) in [4.78, 5) is 29.8. The lowest BCUT2D eigenvalue weighted by molar-refractivity contribution is -0.143. The van der Waals surface area contributed by atoms with Crippen LogP contribution in [0.5, 0.6) is 0 Å². The zero-order valence-electron chi connectivity index (χ0n) is 22.2. The van der Waals surface area contributed by atoms with Crippen molar-refractivity contribution in [1.29, 1.82) is 0 Å². The van der Waals surface area contributed by atoms with Crippen LogP contribution in [0.2, 0.25) is 0 Å². The number of hydrogen-bond donors (Lipinski definition) is 1. The van der Waals surface area contributed by atoms with Gasteiger partial charge in [0.15, 0.2) is 0 Å². The highest BCUT2D eigenvalue weighted by Crippen LogP contribution is 2.43. The Hall–Kier alpha value is -1.43. The van der Waals surface area contributed by atoms with E-state index >= 15 is 0 Å². The highest BCUT2D eigenvalue weighted by atomic mass is 32.2. The summed E-state index contributed by atoms with van der Waals surface area (Å²) in [5, 5.41) is 0. The maximum Gasteiger partial charge on any atom is 0.410 e. The third kappa shape index (κ3) is 6.16. The van der Waals surface area contributed by atoms with Gasteiger partial charge in [0.25, 0.3) is 10.2 Å². The lowest BCUT2D eigenvalue weighted by Gasteiger charge is -2.54. The molecule has 4 aliphatic rings. The fraction of sp³-hybridized carbons (Fsp3) is 0.920. The Bertz CT molecular complexity index is 893. The molecule has 0 radical (unpaired) electrons. The van der Waals surface area contributed by atoms with Crippen LogP contribution in [0.3, 0.4) is 0 Å². The number of amides is 2. The van der Waals surface area contributed by atoms with E-state index in [4.69, 9.17) is 9.47 Å². The quantitative estimate of drug-likeness (QED) is 0.587. The molecule has 4 fully saturated rings. The van der Waals surface area contributed by atoms with Gasteiger partial charge >= 0.3 is 6.09 Å². The molecule has 4 rings (SSSR count). The number of carbonyl (C=O) groups is 2. The van der Waals surface area contributed by atoms with Gasteiger partial charge in [0.1, 0.15) is 6.10 Å². The molecule has 2 heterocycles. The van der Waals surface area contributed by atoms with Crippen molar-refractivity contribution in [2.75, 3.05) is 33.9 Å². The van der Waals surface area contributed by atoms with E-state index in [1.807, 2.05) is 16.7 Å². The minimum Gasteiger partial charge on any atom is -0.446 e. The molecule has 206 valence electrons. The topological polar surface area (TPSA) is 108 Å². The number of hydrogen-bond acceptors (Lipinski definition) is 6. The Labute approximate surface area is 216 Å². The molecule has 1 N–H and O–H groups in total. The van der Waals surface area contributed by atoms with Crippen LogP contribution in [0.4, 0.5) is 4.79 Å². The molecule has 6 atom stereocenters. The van der Waals surface area contributed by atoms with Gasteiger partial charge in [-0.1, -0.05) is 12.8 Å². The monoisotopic (exact) mass is 528 g/mol. The zero-order valence-corrected chi connectivity index (χ0v) is 23.0. The molecule has 11 heteroatoms. The molecule has 36 heavy (non-hydrogen) atoms. The Morgan fingerprint density at radius 1 is 0.972 bits per heavy atom. The second kappa shape index (κ2) is 11.5. The van der Waals surface area contributed by atoms with Gasteiger partial charge in [0.05, 0.1) is 25.3 Å². The SMILES string of the molecule is CC(=O)N1C2CCC(C3CCCC(NS(=O)(=O)N(C)C)C3)CC2N(C(=O)OC2CCOCC2)C[C@@H]1C. The van der Waals surface area contributed by atoms with Gasteiger partial charge in [0.2, 0.25) is 5.91 Å². The summed E-state index contributed by atoms with van der Waals surface area (Å²) in [6.07, 6.45) is 7.43. The van der Waals surface area contributed by atoms with E-state index in [1.54, 1.807) is 21.0 Å². The summed E-state index contributed by atoms with van der Waals surface area (Å²) in [7, 11) is -0.378. The molecule has 2 aliphatic heterocycles. The summed E-state index contributed by atoms with van der Waals surface area (Å²) >= 11 is 0. The van der Waals surface area contributed by atoms with Crippen LogP contribution in [0.25, 0.3) is 0 Å². The Balaban J connectivity index is 1.47. The molecule has 2 saturated carbocycles. The first-order chi connectivity index (χ1) is 17.1. The van der Waals surface area contributed by atoms with Gasteiger partial charge in [-0.25, -0.2) is 4.79 Å². The van der Waals surface area contributed by atoms with Gasteiger partial charge in [-0.3, -0.25) is 4.79 Å². The molecule has 0 bridgehead atoms. The van der Waals surface area contributed by atoms with Crippen LogP contribution >= 0.6 is 0 Å². The third-order valence-corrected chi connectivity index (χ3v) is 10.3. The number of carbonyl (C=O) groups excluding carboxylic acids is 2. The van der Waals surface area contributed by atoms with Gasteiger partial charge < -0.3 is 19.3 Å². The van der Waals surface area contributed by atoms with E-state index in [-0.39, 0.29) is 42.3 Å². The highest BCUT2D eigenvalue weighted by molar-refractivity contribution is 7.87. The molecule has 0 aromatic rings. The smallest absolute Gasteiger partial charge is 0.410 e. The lowest BCUT2D eigenvalue weighted by Crippen LogP contribution is -2.67. The third-order valence-electron chi connectivity index (χ3n) is 8.73. The van der Waals surface area contributed by atoms with Gasteiger partial charge in [-0.05, 0) is 50.9 Å². The molecule has 10 nitrogen and oxygen atoms in total. The summed E-state index contributed by atoms with van der Waals surface area (Å²) in [5.41, 5.74) is 0. The molecule has 2 saturated heterocycles. The minimum atomic E-state index is -3.47. The van der Waals surface area contributed by atoms with Crippen LogP contribution < -0.4 is 4.72 Å². The molecule has 2 aliphatic carbocycles. The largest absolute Gasteiger partial charge is 0.446 e. The van der Waals surface area contributed by atoms with Crippen molar-refractivity contribution in [1.82, 2.24) is 18.8 Å². The maximum absolute atomic E-state index is 13.4. The first-order valence-electron chi connectivity index (χ1n) is 13.6. The van der Waals surface area contributed by atoms with Crippen LogP contribution in [0.15, 0.2) is 0 Å². The summed E-state index contributed by atoms with van der Waals surface area (Å²) in [6, 6.07) is -0.197. The number of nitrogens with zero attached hydrogens (tertiary/aromatic N) is 3. The summed E-state index contributed by atoms with van der Waals surface area (Å²) in [5.74, 6) is 0.843. The van der Waals surface area contributed by atoms with E-state index < -0.39 is 10.2 Å². The zero-order chi connectivity index (χ0) is 26.0. The highest BCUT2D eigenvalue weighted by Gasteiger charge is 2.48. The maximum atomic E-state index is 13.4. The molecule has 0 aromatic carbocycles. The normalized spacial score (nSPS) is 34.4. The number of ether oxygens (including phenoxy) is 2. The van der Waals surface area contributed by atoms with Crippen LogP contribution in [0.1, 0.15) is 71.6 Å². The first kappa shape index (κ1) is 27.6. The van der Waals surface area contributed by atoms with Crippen molar-refractivity contribution < 1.29 is 27.5 Å². The molecule has 0 aromatic heterocycles. The summed E-state index contributed by atoms with van der Waals surface area (Å²) in [6.45, 7) is 5.34.